The molecule has 31 heavy (non-hydrogen) atoms. The number of hydrogen-bond acceptors (Lipinski definition) is 4. The second kappa shape index (κ2) is 9.02. The molecule has 1 fully saturated rings. The minimum Gasteiger partial charge on any atom is -0.322 e. The second-order valence-electron chi connectivity index (χ2n) is 7.21. The van der Waals surface area contributed by atoms with E-state index in [1.807, 2.05) is 74.5 Å². The number of carbonyl (C=O) groups excluding carboxylic acids is 2. The highest BCUT2D eigenvalue weighted by atomic mass is 32.2. The molecule has 3 aromatic rings. The van der Waals surface area contributed by atoms with Crippen LogP contribution in [0.5, 0.6) is 0 Å². The van der Waals surface area contributed by atoms with Gasteiger partial charge in [0.05, 0.1) is 10.6 Å². The first kappa shape index (κ1) is 20.6. The summed E-state index contributed by atoms with van der Waals surface area (Å²) in [4.78, 5) is 30.0. The van der Waals surface area contributed by atoms with E-state index < -0.39 is 0 Å². The van der Waals surface area contributed by atoms with Crippen LogP contribution in [0.1, 0.15) is 27.0 Å². The van der Waals surface area contributed by atoms with Gasteiger partial charge in [-0.1, -0.05) is 48.0 Å². The molecular weight excluding hydrogens is 406 g/mol. The Kier molecular flexibility index (Phi) is 6.00. The fourth-order valence-electron chi connectivity index (χ4n) is 3.04. The lowest BCUT2D eigenvalue weighted by Gasteiger charge is -2.06. The van der Waals surface area contributed by atoms with Crippen LogP contribution in [-0.2, 0) is 4.79 Å². The van der Waals surface area contributed by atoms with Crippen molar-refractivity contribution in [3.05, 3.63) is 100.0 Å². The maximum atomic E-state index is 12.5. The van der Waals surface area contributed by atoms with Crippen LogP contribution in [0.3, 0.4) is 0 Å². The maximum Gasteiger partial charge on any atom is 0.264 e. The van der Waals surface area contributed by atoms with Crippen molar-refractivity contribution < 1.29 is 9.59 Å². The molecule has 2 amide bonds. The van der Waals surface area contributed by atoms with Crippen molar-refractivity contribution >= 4 is 46.2 Å². The van der Waals surface area contributed by atoms with Gasteiger partial charge in [-0.15, -0.1) is 0 Å². The van der Waals surface area contributed by atoms with Crippen LogP contribution in [0.4, 0.5) is 11.4 Å². The Morgan fingerprint density at radius 2 is 1.77 bits per heavy atom. The molecule has 6 heteroatoms. The summed E-state index contributed by atoms with van der Waals surface area (Å²) >= 11 is 1.30. The van der Waals surface area contributed by atoms with E-state index in [2.05, 4.69) is 15.6 Å². The van der Waals surface area contributed by atoms with Gasteiger partial charge in [-0.25, -0.2) is 4.99 Å². The minimum absolute atomic E-state index is 0.176. The monoisotopic (exact) mass is 427 g/mol. The number of aliphatic imine (C=N–C) groups is 1. The molecule has 0 radical (unpaired) electrons. The van der Waals surface area contributed by atoms with E-state index in [1.54, 1.807) is 18.2 Å². The molecule has 154 valence electrons. The van der Waals surface area contributed by atoms with Crippen LogP contribution in [-0.4, -0.2) is 17.0 Å². The van der Waals surface area contributed by atoms with Crippen LogP contribution in [0, 0.1) is 13.8 Å². The molecule has 0 spiro atoms. The third kappa shape index (κ3) is 5.10. The summed E-state index contributed by atoms with van der Waals surface area (Å²) in [6.07, 6.45) is 1.79. The predicted octanol–water partition coefficient (Wildman–Crippen LogP) is 5.45. The van der Waals surface area contributed by atoms with E-state index in [0.717, 1.165) is 22.4 Å². The van der Waals surface area contributed by atoms with E-state index in [9.17, 15) is 9.59 Å². The van der Waals surface area contributed by atoms with Crippen molar-refractivity contribution in [3.8, 4) is 0 Å². The first-order valence-corrected chi connectivity index (χ1v) is 10.6. The second-order valence-corrected chi connectivity index (χ2v) is 8.24. The number of thioether (sulfide) groups is 1. The number of amidine groups is 1. The van der Waals surface area contributed by atoms with Crippen LogP contribution in [0.25, 0.3) is 6.08 Å². The number of carbonyl (C=O) groups is 2. The van der Waals surface area contributed by atoms with E-state index in [4.69, 9.17) is 0 Å². The topological polar surface area (TPSA) is 70.6 Å². The van der Waals surface area contributed by atoms with Gasteiger partial charge in [0.1, 0.15) is 0 Å². The van der Waals surface area contributed by atoms with Gasteiger partial charge in [0.15, 0.2) is 5.17 Å². The highest BCUT2D eigenvalue weighted by Crippen LogP contribution is 2.29. The highest BCUT2D eigenvalue weighted by molar-refractivity contribution is 8.18. The van der Waals surface area contributed by atoms with Crippen LogP contribution >= 0.6 is 11.8 Å². The SMILES string of the molecule is Cc1ccc(C(=O)Nc2cccc(/C=C3\SC(=Nc4ccccc4C)NC3=O)c2)cc1. The molecule has 2 N–H and O–H groups in total. The molecular formula is C25H21N3O2S. The summed E-state index contributed by atoms with van der Waals surface area (Å²) in [5.74, 6) is -0.364. The van der Waals surface area contributed by atoms with Crippen molar-refractivity contribution in [3.63, 3.8) is 0 Å². The lowest BCUT2D eigenvalue weighted by atomic mass is 10.1. The number of aryl methyl sites for hydroxylation is 2. The molecule has 1 heterocycles. The molecule has 1 saturated heterocycles. The summed E-state index contributed by atoms with van der Waals surface area (Å²) in [6, 6.07) is 22.6. The smallest absolute Gasteiger partial charge is 0.264 e. The number of benzene rings is 3. The van der Waals surface area contributed by atoms with E-state index >= 15 is 0 Å². The van der Waals surface area contributed by atoms with Gasteiger partial charge in [0.2, 0.25) is 0 Å². The molecule has 0 saturated carbocycles. The third-order valence-electron chi connectivity index (χ3n) is 4.74. The zero-order valence-corrected chi connectivity index (χ0v) is 18.0. The number of hydrogen-bond donors (Lipinski definition) is 2. The van der Waals surface area contributed by atoms with Gasteiger partial charge in [0.25, 0.3) is 11.8 Å². The first-order valence-electron chi connectivity index (χ1n) is 9.81. The Labute approximate surface area is 185 Å². The normalized spacial score (nSPS) is 15.9. The summed E-state index contributed by atoms with van der Waals surface area (Å²) in [7, 11) is 0. The lowest BCUT2D eigenvalue weighted by Crippen LogP contribution is -2.19. The zero-order chi connectivity index (χ0) is 21.8. The molecule has 0 bridgehead atoms. The van der Waals surface area contributed by atoms with Crippen molar-refractivity contribution in [1.82, 2.24) is 5.32 Å². The van der Waals surface area contributed by atoms with Gasteiger partial charge < -0.3 is 10.6 Å². The molecule has 4 rings (SSSR count). The summed E-state index contributed by atoms with van der Waals surface area (Å²) in [5.41, 5.74) is 5.04. The fourth-order valence-corrected chi connectivity index (χ4v) is 3.88. The van der Waals surface area contributed by atoms with Crippen molar-refractivity contribution in [2.75, 3.05) is 5.32 Å². The van der Waals surface area contributed by atoms with Crippen LogP contribution in [0.15, 0.2) is 82.7 Å². The lowest BCUT2D eigenvalue weighted by molar-refractivity contribution is -0.115. The molecule has 5 nitrogen and oxygen atoms in total. The Hall–Kier alpha value is -3.64. The highest BCUT2D eigenvalue weighted by Gasteiger charge is 2.24. The maximum absolute atomic E-state index is 12.5. The van der Waals surface area contributed by atoms with Gasteiger partial charge in [0, 0.05) is 11.3 Å². The van der Waals surface area contributed by atoms with E-state index in [-0.39, 0.29) is 11.8 Å². The summed E-state index contributed by atoms with van der Waals surface area (Å²) in [5, 5.41) is 6.26. The summed E-state index contributed by atoms with van der Waals surface area (Å²) in [6.45, 7) is 3.96. The number of anilines is 1. The van der Waals surface area contributed by atoms with Crippen molar-refractivity contribution in [1.29, 1.82) is 0 Å². The van der Waals surface area contributed by atoms with Gasteiger partial charge in [-0.05, 0) is 73.1 Å². The number of nitrogens with one attached hydrogen (secondary N) is 2. The minimum atomic E-state index is -0.188. The standard InChI is InChI=1S/C25H21N3O2S/c1-16-10-12-19(13-11-16)23(29)26-20-8-5-7-18(14-20)15-22-24(30)28-25(31-22)27-21-9-4-3-6-17(21)2/h3-15H,1-2H3,(H,26,29)(H,27,28,30)/b22-15-. The zero-order valence-electron chi connectivity index (χ0n) is 17.2. The average Bonchev–Trinajstić information content (AvgIpc) is 3.09. The predicted molar refractivity (Wildman–Crippen MR) is 128 cm³/mol. The van der Waals surface area contributed by atoms with Crippen LogP contribution < -0.4 is 10.6 Å². The van der Waals surface area contributed by atoms with Gasteiger partial charge in [-0.2, -0.15) is 0 Å². The van der Waals surface area contributed by atoms with Crippen molar-refractivity contribution in [2.45, 2.75) is 13.8 Å². The fraction of sp³-hybridized carbons (Fsp3) is 0.0800. The molecule has 0 unspecified atom stereocenters. The average molecular weight is 428 g/mol. The van der Waals surface area contributed by atoms with Crippen molar-refractivity contribution in [2.24, 2.45) is 4.99 Å². The Morgan fingerprint density at radius 1 is 1.00 bits per heavy atom. The number of para-hydroxylation sites is 1. The molecule has 0 aromatic heterocycles. The Balaban J connectivity index is 1.50. The molecule has 0 aliphatic carbocycles. The van der Waals surface area contributed by atoms with Gasteiger partial charge >= 0.3 is 0 Å². The molecule has 1 aliphatic heterocycles. The first-order chi connectivity index (χ1) is 15.0. The molecule has 0 atom stereocenters. The number of amides is 2. The Bertz CT molecular complexity index is 1210. The largest absolute Gasteiger partial charge is 0.322 e. The quantitative estimate of drug-likeness (QED) is 0.544. The third-order valence-corrected chi connectivity index (χ3v) is 5.65. The molecule has 3 aromatic carbocycles. The van der Waals surface area contributed by atoms with E-state index in [1.165, 1.54) is 11.8 Å². The number of nitrogens with zero attached hydrogens (tertiary/aromatic N) is 1. The Morgan fingerprint density at radius 3 is 2.55 bits per heavy atom. The molecule has 1 aliphatic rings. The summed E-state index contributed by atoms with van der Waals surface area (Å²) < 4.78 is 0. The van der Waals surface area contributed by atoms with Gasteiger partial charge in [-0.3, -0.25) is 9.59 Å². The number of rotatable bonds is 4. The van der Waals surface area contributed by atoms with Crippen LogP contribution in [0.2, 0.25) is 0 Å². The van der Waals surface area contributed by atoms with E-state index in [0.29, 0.717) is 21.3 Å².